The summed E-state index contributed by atoms with van der Waals surface area (Å²) >= 11 is 0. The number of carbonyl (C=O) groups excluding carboxylic acids is 2. The van der Waals surface area contributed by atoms with Crippen molar-refractivity contribution in [3.05, 3.63) is 54.1 Å². The number of amides is 2. The number of anilines is 1. The summed E-state index contributed by atoms with van der Waals surface area (Å²) in [7, 11) is 1.56. The smallest absolute Gasteiger partial charge is 0.258 e. The van der Waals surface area contributed by atoms with Crippen LogP contribution in [0.4, 0.5) is 5.69 Å². The van der Waals surface area contributed by atoms with Crippen molar-refractivity contribution in [3.63, 3.8) is 0 Å². The van der Waals surface area contributed by atoms with Crippen molar-refractivity contribution in [2.75, 3.05) is 19.0 Å². The maximum Gasteiger partial charge on any atom is 0.258 e. The Balaban J connectivity index is 1.63. The SMILES string of the molecule is CCOc1ccccc1NC(=O)C1CC2CCCCC2N1C(=O)c1ccccc1OC. The number of para-hydroxylation sites is 3. The number of benzene rings is 2. The number of nitrogens with one attached hydrogen (secondary N) is 1. The van der Waals surface area contributed by atoms with Gasteiger partial charge in [-0.05, 0) is 56.4 Å². The monoisotopic (exact) mass is 422 g/mol. The summed E-state index contributed by atoms with van der Waals surface area (Å²) in [5.41, 5.74) is 1.14. The third-order valence-electron chi connectivity index (χ3n) is 6.41. The van der Waals surface area contributed by atoms with Gasteiger partial charge in [0.25, 0.3) is 5.91 Å². The van der Waals surface area contributed by atoms with Gasteiger partial charge >= 0.3 is 0 Å². The molecule has 1 heterocycles. The Morgan fingerprint density at radius 3 is 2.52 bits per heavy atom. The van der Waals surface area contributed by atoms with Crippen LogP contribution in [-0.2, 0) is 4.79 Å². The van der Waals surface area contributed by atoms with Gasteiger partial charge in [0.15, 0.2) is 0 Å². The van der Waals surface area contributed by atoms with Crippen LogP contribution in [0.5, 0.6) is 11.5 Å². The van der Waals surface area contributed by atoms with Gasteiger partial charge in [-0.2, -0.15) is 0 Å². The molecule has 1 aliphatic carbocycles. The molecule has 3 atom stereocenters. The normalized spacial score (nSPS) is 22.5. The standard InChI is InChI=1S/C25H30N2O4/c1-3-31-23-15-9-6-12-19(23)26-24(28)21-16-17-10-4-7-13-20(17)27(21)25(29)18-11-5-8-14-22(18)30-2/h5-6,8-9,11-12,14-15,17,20-21H,3-4,7,10,13,16H2,1-2H3,(H,26,28). The van der Waals surface area contributed by atoms with Crippen LogP contribution in [-0.4, -0.2) is 42.5 Å². The lowest BCUT2D eigenvalue weighted by Gasteiger charge is -2.34. The average Bonchev–Trinajstić information content (AvgIpc) is 3.20. The molecule has 1 N–H and O–H groups in total. The van der Waals surface area contributed by atoms with Gasteiger partial charge in [0, 0.05) is 6.04 Å². The van der Waals surface area contributed by atoms with E-state index >= 15 is 0 Å². The molecule has 2 aliphatic rings. The van der Waals surface area contributed by atoms with E-state index in [1.54, 1.807) is 19.2 Å². The van der Waals surface area contributed by atoms with Crippen LogP contribution in [0.15, 0.2) is 48.5 Å². The van der Waals surface area contributed by atoms with Crippen LogP contribution in [0, 0.1) is 5.92 Å². The molecule has 2 aromatic carbocycles. The van der Waals surface area contributed by atoms with Gasteiger partial charge in [0.05, 0.1) is 25.0 Å². The molecule has 0 spiro atoms. The van der Waals surface area contributed by atoms with Crippen LogP contribution in [0.3, 0.4) is 0 Å². The largest absolute Gasteiger partial charge is 0.496 e. The summed E-state index contributed by atoms with van der Waals surface area (Å²) < 4.78 is 11.1. The third kappa shape index (κ3) is 4.24. The van der Waals surface area contributed by atoms with Gasteiger partial charge in [-0.15, -0.1) is 0 Å². The Labute approximate surface area is 183 Å². The molecule has 4 rings (SSSR count). The van der Waals surface area contributed by atoms with E-state index in [1.165, 1.54) is 0 Å². The Morgan fingerprint density at radius 1 is 1.03 bits per heavy atom. The highest BCUT2D eigenvalue weighted by molar-refractivity contribution is 6.03. The summed E-state index contributed by atoms with van der Waals surface area (Å²) in [5, 5.41) is 3.02. The average molecular weight is 423 g/mol. The fraction of sp³-hybridized carbons (Fsp3) is 0.440. The molecular weight excluding hydrogens is 392 g/mol. The van der Waals surface area contributed by atoms with Crippen LogP contribution >= 0.6 is 0 Å². The second kappa shape index (κ2) is 9.41. The highest BCUT2D eigenvalue weighted by atomic mass is 16.5. The van der Waals surface area contributed by atoms with Crippen LogP contribution < -0.4 is 14.8 Å². The van der Waals surface area contributed by atoms with Crippen molar-refractivity contribution in [1.82, 2.24) is 4.90 Å². The molecule has 1 aliphatic heterocycles. The maximum atomic E-state index is 13.7. The van der Waals surface area contributed by atoms with Gasteiger partial charge in [-0.1, -0.05) is 37.1 Å². The molecule has 1 saturated carbocycles. The zero-order valence-corrected chi connectivity index (χ0v) is 18.2. The first-order chi connectivity index (χ1) is 15.1. The summed E-state index contributed by atoms with van der Waals surface area (Å²) in [4.78, 5) is 28.9. The van der Waals surface area contributed by atoms with E-state index in [0.717, 1.165) is 25.7 Å². The number of likely N-dealkylation sites (tertiary alicyclic amines) is 1. The first kappa shape index (κ1) is 21.2. The van der Waals surface area contributed by atoms with E-state index in [4.69, 9.17) is 9.47 Å². The van der Waals surface area contributed by atoms with Crippen LogP contribution in [0.1, 0.15) is 49.4 Å². The van der Waals surface area contributed by atoms with E-state index < -0.39 is 6.04 Å². The minimum atomic E-state index is -0.514. The topological polar surface area (TPSA) is 67.9 Å². The molecule has 0 aromatic heterocycles. The van der Waals surface area contributed by atoms with Gasteiger partial charge in [0.2, 0.25) is 5.91 Å². The molecule has 2 fully saturated rings. The quantitative estimate of drug-likeness (QED) is 0.744. The molecule has 31 heavy (non-hydrogen) atoms. The molecule has 2 aromatic rings. The predicted molar refractivity (Wildman–Crippen MR) is 120 cm³/mol. The summed E-state index contributed by atoms with van der Waals surface area (Å²) in [5.74, 6) is 1.23. The highest BCUT2D eigenvalue weighted by Crippen LogP contribution is 2.41. The summed E-state index contributed by atoms with van der Waals surface area (Å²) in [6.07, 6.45) is 4.91. The van der Waals surface area contributed by atoms with Crippen molar-refractivity contribution in [3.8, 4) is 11.5 Å². The number of hydrogen-bond acceptors (Lipinski definition) is 4. The number of rotatable bonds is 6. The molecule has 0 bridgehead atoms. The van der Waals surface area contributed by atoms with Gasteiger partial charge in [-0.3, -0.25) is 9.59 Å². The Hall–Kier alpha value is -3.02. The number of carbonyl (C=O) groups is 2. The second-order valence-electron chi connectivity index (χ2n) is 8.19. The number of ether oxygens (including phenoxy) is 2. The van der Waals surface area contributed by atoms with Crippen molar-refractivity contribution < 1.29 is 19.1 Å². The fourth-order valence-corrected chi connectivity index (χ4v) is 5.01. The number of methoxy groups -OCH3 is 1. The molecule has 0 radical (unpaired) electrons. The van der Waals surface area contributed by atoms with Crippen LogP contribution in [0.2, 0.25) is 0 Å². The predicted octanol–water partition coefficient (Wildman–Crippen LogP) is 4.51. The van der Waals surface area contributed by atoms with E-state index in [0.29, 0.717) is 41.7 Å². The van der Waals surface area contributed by atoms with Gasteiger partial charge < -0.3 is 19.7 Å². The van der Waals surface area contributed by atoms with Crippen molar-refractivity contribution in [1.29, 1.82) is 0 Å². The highest BCUT2D eigenvalue weighted by Gasteiger charge is 2.48. The summed E-state index contributed by atoms with van der Waals surface area (Å²) in [6, 6.07) is 14.2. The first-order valence-electron chi connectivity index (χ1n) is 11.1. The molecular formula is C25H30N2O4. The summed E-state index contributed by atoms with van der Waals surface area (Å²) in [6.45, 7) is 2.42. The Kier molecular flexibility index (Phi) is 6.44. The number of hydrogen-bond donors (Lipinski definition) is 1. The van der Waals surface area contributed by atoms with Gasteiger partial charge in [-0.25, -0.2) is 0 Å². The Bertz CT molecular complexity index is 945. The van der Waals surface area contributed by atoms with E-state index in [9.17, 15) is 9.59 Å². The molecule has 3 unspecified atom stereocenters. The minimum Gasteiger partial charge on any atom is -0.496 e. The zero-order valence-electron chi connectivity index (χ0n) is 18.2. The van der Waals surface area contributed by atoms with Crippen molar-refractivity contribution in [2.24, 2.45) is 5.92 Å². The third-order valence-corrected chi connectivity index (χ3v) is 6.41. The minimum absolute atomic E-state index is 0.0871. The maximum absolute atomic E-state index is 13.7. The Morgan fingerprint density at radius 2 is 1.74 bits per heavy atom. The second-order valence-corrected chi connectivity index (χ2v) is 8.19. The lowest BCUT2D eigenvalue weighted by Crippen LogP contribution is -2.48. The van der Waals surface area contributed by atoms with Crippen molar-refractivity contribution in [2.45, 2.75) is 51.1 Å². The van der Waals surface area contributed by atoms with Crippen LogP contribution in [0.25, 0.3) is 0 Å². The molecule has 6 heteroatoms. The first-order valence-corrected chi connectivity index (χ1v) is 11.1. The number of fused-ring (bicyclic) bond motifs is 1. The van der Waals surface area contributed by atoms with Gasteiger partial charge in [0.1, 0.15) is 17.5 Å². The van der Waals surface area contributed by atoms with E-state index in [1.807, 2.05) is 48.2 Å². The van der Waals surface area contributed by atoms with E-state index in [-0.39, 0.29) is 17.9 Å². The lowest BCUT2D eigenvalue weighted by atomic mass is 9.84. The lowest BCUT2D eigenvalue weighted by molar-refractivity contribution is -0.120. The fourth-order valence-electron chi connectivity index (χ4n) is 5.01. The van der Waals surface area contributed by atoms with E-state index in [2.05, 4.69) is 5.32 Å². The molecule has 1 saturated heterocycles. The molecule has 164 valence electrons. The zero-order chi connectivity index (χ0) is 21.8. The number of nitrogens with zero attached hydrogens (tertiary/aromatic N) is 1. The molecule has 6 nitrogen and oxygen atoms in total. The molecule has 2 amide bonds. The van der Waals surface area contributed by atoms with Crippen molar-refractivity contribution >= 4 is 17.5 Å².